The number of rotatable bonds is 5. The number of nitrogens with zero attached hydrogens (tertiary/aromatic N) is 2. The normalized spacial score (nSPS) is 12.6. The Bertz CT molecular complexity index is 957. The van der Waals surface area contributed by atoms with Gasteiger partial charge in [-0.25, -0.2) is 4.68 Å². The highest BCUT2D eigenvalue weighted by Gasteiger charge is 2.13. The van der Waals surface area contributed by atoms with Gasteiger partial charge >= 0.3 is 0 Å². The summed E-state index contributed by atoms with van der Waals surface area (Å²) in [7, 11) is 0. The van der Waals surface area contributed by atoms with E-state index >= 15 is 0 Å². The molecule has 146 valence electrons. The number of nitrogens with one attached hydrogen (secondary N) is 2. The van der Waals surface area contributed by atoms with E-state index < -0.39 is 0 Å². The molecule has 2 heterocycles. The summed E-state index contributed by atoms with van der Waals surface area (Å²) in [6, 6.07) is 13.0. The number of carbonyl (C=O) groups is 1. The van der Waals surface area contributed by atoms with E-state index in [0.29, 0.717) is 22.0 Å². The van der Waals surface area contributed by atoms with Gasteiger partial charge in [0.05, 0.1) is 18.1 Å². The number of anilines is 1. The maximum Gasteiger partial charge on any atom is 0.255 e. The van der Waals surface area contributed by atoms with Crippen LogP contribution >= 0.6 is 24.0 Å². The van der Waals surface area contributed by atoms with Gasteiger partial charge in [0.25, 0.3) is 5.91 Å². The summed E-state index contributed by atoms with van der Waals surface area (Å²) < 4.78 is 7.25. The van der Waals surface area contributed by atoms with Gasteiger partial charge in [-0.05, 0) is 60.5 Å². The minimum absolute atomic E-state index is 0. The molecule has 8 heteroatoms. The van der Waals surface area contributed by atoms with Crippen molar-refractivity contribution in [1.82, 2.24) is 15.1 Å². The average molecular weight is 419 g/mol. The van der Waals surface area contributed by atoms with E-state index in [2.05, 4.69) is 15.7 Å². The van der Waals surface area contributed by atoms with Gasteiger partial charge in [-0.15, -0.1) is 12.4 Å². The van der Waals surface area contributed by atoms with E-state index in [-0.39, 0.29) is 25.0 Å². The zero-order valence-corrected chi connectivity index (χ0v) is 16.6. The predicted molar refractivity (Wildman–Crippen MR) is 111 cm³/mol. The second-order valence-electron chi connectivity index (χ2n) is 6.36. The lowest BCUT2D eigenvalue weighted by Gasteiger charge is -2.17. The number of ether oxygens (including phenoxy) is 1. The lowest BCUT2D eigenvalue weighted by molar-refractivity contribution is 0.102. The van der Waals surface area contributed by atoms with E-state index in [1.807, 2.05) is 18.2 Å². The van der Waals surface area contributed by atoms with Gasteiger partial charge in [0.2, 0.25) is 0 Å². The molecular weight excluding hydrogens is 399 g/mol. The van der Waals surface area contributed by atoms with Gasteiger partial charge in [-0.2, -0.15) is 5.10 Å². The maximum atomic E-state index is 12.5. The third kappa shape index (κ3) is 4.84. The number of hydrogen-bond acceptors (Lipinski definition) is 4. The van der Waals surface area contributed by atoms with E-state index in [0.717, 1.165) is 19.5 Å². The maximum absolute atomic E-state index is 12.5. The first-order valence-electron chi connectivity index (χ1n) is 8.72. The van der Waals surface area contributed by atoms with Crippen LogP contribution in [-0.2, 0) is 19.7 Å². The number of benzene rings is 2. The first-order valence-corrected chi connectivity index (χ1v) is 9.10. The van der Waals surface area contributed by atoms with Crippen molar-refractivity contribution in [3.8, 4) is 5.75 Å². The summed E-state index contributed by atoms with van der Waals surface area (Å²) in [5, 5.41) is 11.1. The molecule has 1 aromatic heterocycles. The van der Waals surface area contributed by atoms with Crippen LogP contribution in [0.1, 0.15) is 21.5 Å². The minimum atomic E-state index is -0.144. The van der Waals surface area contributed by atoms with Gasteiger partial charge in [0.15, 0.2) is 6.73 Å². The van der Waals surface area contributed by atoms with Crippen LogP contribution in [-0.4, -0.2) is 22.2 Å². The van der Waals surface area contributed by atoms with Gasteiger partial charge in [-0.3, -0.25) is 4.79 Å². The summed E-state index contributed by atoms with van der Waals surface area (Å²) in [4.78, 5) is 12.5. The van der Waals surface area contributed by atoms with Gasteiger partial charge in [0.1, 0.15) is 5.75 Å². The van der Waals surface area contributed by atoms with Crippen LogP contribution in [0.25, 0.3) is 0 Å². The highest BCUT2D eigenvalue weighted by Crippen LogP contribution is 2.18. The molecule has 1 aliphatic rings. The van der Waals surface area contributed by atoms with Crippen molar-refractivity contribution in [3.63, 3.8) is 0 Å². The van der Waals surface area contributed by atoms with Crippen LogP contribution < -0.4 is 15.4 Å². The Balaban J connectivity index is 0.00000225. The summed E-state index contributed by atoms with van der Waals surface area (Å²) in [6.45, 7) is 2.04. The second-order valence-corrected chi connectivity index (χ2v) is 6.80. The standard InChI is InChI=1S/C20H19ClN4O2.ClH/c21-17-3-5-19(6-4-17)27-13-25-12-18(11-23-25)24-20(26)15-1-2-16-10-22-8-7-14(16)9-15;/h1-6,9,11-12,22H,7-8,10,13H2,(H,24,26);1H. The van der Waals surface area contributed by atoms with Crippen LogP contribution in [0.5, 0.6) is 5.75 Å². The first kappa shape index (κ1) is 20.2. The Morgan fingerprint density at radius 1 is 1.21 bits per heavy atom. The fourth-order valence-corrected chi connectivity index (χ4v) is 3.12. The van der Waals surface area contributed by atoms with Crippen molar-refractivity contribution in [1.29, 1.82) is 0 Å². The Hall–Kier alpha value is -2.54. The quantitative estimate of drug-likeness (QED) is 0.659. The van der Waals surface area contributed by atoms with E-state index in [9.17, 15) is 4.79 Å². The third-order valence-corrected chi connectivity index (χ3v) is 4.68. The molecule has 0 unspecified atom stereocenters. The number of carbonyl (C=O) groups excluding carboxylic acids is 1. The summed E-state index contributed by atoms with van der Waals surface area (Å²) in [5.41, 5.74) is 3.76. The summed E-state index contributed by atoms with van der Waals surface area (Å²) in [6.07, 6.45) is 4.28. The molecule has 2 N–H and O–H groups in total. The van der Waals surface area contributed by atoms with E-state index in [1.54, 1.807) is 41.3 Å². The van der Waals surface area contributed by atoms with E-state index in [4.69, 9.17) is 16.3 Å². The van der Waals surface area contributed by atoms with Crippen molar-refractivity contribution in [2.45, 2.75) is 19.7 Å². The summed E-state index contributed by atoms with van der Waals surface area (Å²) >= 11 is 5.85. The number of halogens is 2. The highest BCUT2D eigenvalue weighted by atomic mass is 35.5. The van der Waals surface area contributed by atoms with Crippen molar-refractivity contribution in [2.24, 2.45) is 0 Å². The lowest BCUT2D eigenvalue weighted by atomic mass is 9.98. The number of amides is 1. The smallest absolute Gasteiger partial charge is 0.255 e. The zero-order valence-electron chi connectivity index (χ0n) is 15.0. The molecule has 1 amide bonds. The molecule has 0 aliphatic carbocycles. The number of fused-ring (bicyclic) bond motifs is 1. The molecule has 0 fully saturated rings. The second kappa shape index (κ2) is 9.10. The average Bonchev–Trinajstić information content (AvgIpc) is 3.14. The molecule has 0 spiro atoms. The van der Waals surface area contributed by atoms with Gasteiger partial charge in [-0.1, -0.05) is 17.7 Å². The third-order valence-electron chi connectivity index (χ3n) is 4.42. The van der Waals surface area contributed by atoms with Crippen LogP contribution in [0, 0.1) is 0 Å². The molecule has 0 bridgehead atoms. The predicted octanol–water partition coefficient (Wildman–Crippen LogP) is 3.89. The molecule has 1 aliphatic heterocycles. The van der Waals surface area contributed by atoms with Crippen molar-refractivity contribution >= 4 is 35.6 Å². The molecule has 0 atom stereocenters. The fourth-order valence-electron chi connectivity index (χ4n) is 2.99. The van der Waals surface area contributed by atoms with Gasteiger partial charge < -0.3 is 15.4 Å². The topological polar surface area (TPSA) is 68.2 Å². The van der Waals surface area contributed by atoms with E-state index in [1.165, 1.54) is 11.1 Å². The lowest BCUT2D eigenvalue weighted by Crippen LogP contribution is -2.24. The molecule has 3 aromatic rings. The first-order chi connectivity index (χ1) is 13.2. The largest absolute Gasteiger partial charge is 0.471 e. The molecule has 2 aromatic carbocycles. The zero-order chi connectivity index (χ0) is 18.6. The Labute approximate surface area is 174 Å². The monoisotopic (exact) mass is 418 g/mol. The molecule has 4 rings (SSSR count). The fraction of sp³-hybridized carbons (Fsp3) is 0.200. The molecule has 28 heavy (non-hydrogen) atoms. The minimum Gasteiger partial charge on any atom is -0.471 e. The Kier molecular flexibility index (Phi) is 6.57. The van der Waals surface area contributed by atoms with Gasteiger partial charge in [0, 0.05) is 17.1 Å². The Morgan fingerprint density at radius 2 is 2.04 bits per heavy atom. The van der Waals surface area contributed by atoms with Crippen molar-refractivity contribution in [2.75, 3.05) is 11.9 Å². The molecule has 0 radical (unpaired) electrons. The highest BCUT2D eigenvalue weighted by molar-refractivity contribution is 6.30. The summed E-state index contributed by atoms with van der Waals surface area (Å²) in [5.74, 6) is 0.554. The Morgan fingerprint density at radius 3 is 2.86 bits per heavy atom. The van der Waals surface area contributed by atoms with Crippen molar-refractivity contribution in [3.05, 3.63) is 76.6 Å². The van der Waals surface area contributed by atoms with Crippen LogP contribution in [0.4, 0.5) is 5.69 Å². The van der Waals surface area contributed by atoms with Crippen molar-refractivity contribution < 1.29 is 9.53 Å². The van der Waals surface area contributed by atoms with Crippen LogP contribution in [0.2, 0.25) is 5.02 Å². The molecule has 6 nitrogen and oxygen atoms in total. The van der Waals surface area contributed by atoms with Crippen LogP contribution in [0.3, 0.4) is 0 Å². The molecule has 0 saturated heterocycles. The molecule has 0 saturated carbocycles. The number of aromatic nitrogens is 2. The number of hydrogen-bond donors (Lipinski definition) is 2. The SMILES string of the molecule is Cl.O=C(Nc1cnn(COc2ccc(Cl)cc2)c1)c1ccc2c(c1)CCNC2. The van der Waals surface area contributed by atoms with Crippen LogP contribution in [0.15, 0.2) is 54.9 Å². The molecular formula is C20H20Cl2N4O2.